The molecule has 2 N–H and O–H groups in total. The molecule has 1 aromatic heterocycles. The van der Waals surface area contributed by atoms with Gasteiger partial charge in [-0.1, -0.05) is 0 Å². The van der Waals surface area contributed by atoms with Crippen LogP contribution in [0.5, 0.6) is 0 Å². The molecule has 0 spiro atoms. The second kappa shape index (κ2) is 3.94. The topological polar surface area (TPSA) is 43.8 Å². The first-order valence-electron chi connectivity index (χ1n) is 5.16. The monoisotopic (exact) mass is 243 g/mol. The lowest BCUT2D eigenvalue weighted by Gasteiger charge is -2.09. The van der Waals surface area contributed by atoms with Crippen molar-refractivity contribution >= 4 is 16.7 Å². The highest BCUT2D eigenvalue weighted by Gasteiger charge is 2.27. The summed E-state index contributed by atoms with van der Waals surface area (Å²) in [4.78, 5) is 4.19. The molecule has 0 radical (unpaired) electrons. The smallest absolute Gasteiger partial charge is 0.390 e. The van der Waals surface area contributed by atoms with Gasteiger partial charge < -0.3 is 10.3 Å². The molecule has 2 aromatic rings. The number of fused-ring (bicyclic) bond motifs is 1. The van der Waals surface area contributed by atoms with Crippen molar-refractivity contribution in [3.63, 3.8) is 0 Å². The fraction of sp³-hybridized carbons (Fsp3) is 0.364. The van der Waals surface area contributed by atoms with Gasteiger partial charge in [-0.3, -0.25) is 0 Å². The molecule has 0 amide bonds. The van der Waals surface area contributed by atoms with Crippen LogP contribution in [0.4, 0.5) is 18.9 Å². The zero-order valence-electron chi connectivity index (χ0n) is 9.25. The third kappa shape index (κ3) is 2.51. The Kier molecular flexibility index (Phi) is 2.73. The molecule has 3 nitrogen and oxygen atoms in total. The largest absolute Gasteiger partial charge is 0.399 e. The van der Waals surface area contributed by atoms with E-state index in [4.69, 9.17) is 5.73 Å². The first kappa shape index (κ1) is 11.8. The van der Waals surface area contributed by atoms with E-state index < -0.39 is 12.6 Å². The van der Waals surface area contributed by atoms with Gasteiger partial charge in [0.15, 0.2) is 0 Å². The van der Waals surface area contributed by atoms with Crippen molar-refractivity contribution in [3.05, 3.63) is 24.0 Å². The number of anilines is 1. The van der Waals surface area contributed by atoms with Crippen molar-refractivity contribution in [2.24, 2.45) is 0 Å². The molecule has 0 fully saturated rings. The van der Waals surface area contributed by atoms with Gasteiger partial charge in [0.25, 0.3) is 0 Å². The van der Waals surface area contributed by atoms with Gasteiger partial charge in [0.05, 0.1) is 17.5 Å². The van der Waals surface area contributed by atoms with E-state index in [1.54, 1.807) is 29.7 Å². The second-order valence-corrected chi connectivity index (χ2v) is 3.92. The van der Waals surface area contributed by atoms with Crippen LogP contribution in [-0.4, -0.2) is 15.7 Å². The number of hydrogen-bond acceptors (Lipinski definition) is 2. The van der Waals surface area contributed by atoms with Crippen molar-refractivity contribution < 1.29 is 13.2 Å². The van der Waals surface area contributed by atoms with Crippen LogP contribution in [-0.2, 0) is 6.54 Å². The Morgan fingerprint density at radius 3 is 2.71 bits per heavy atom. The zero-order valence-corrected chi connectivity index (χ0v) is 9.25. The van der Waals surface area contributed by atoms with Crippen LogP contribution in [0.3, 0.4) is 0 Å². The van der Waals surface area contributed by atoms with Gasteiger partial charge in [-0.25, -0.2) is 4.98 Å². The number of aryl methyl sites for hydroxylation is 2. The number of imidazole rings is 1. The Morgan fingerprint density at radius 1 is 1.35 bits per heavy atom. The lowest BCUT2D eigenvalue weighted by atomic mass is 10.3. The van der Waals surface area contributed by atoms with Gasteiger partial charge in [0.1, 0.15) is 5.82 Å². The van der Waals surface area contributed by atoms with Gasteiger partial charge in [-0.2, -0.15) is 13.2 Å². The molecule has 0 aliphatic rings. The molecule has 1 heterocycles. The molecule has 0 bridgehead atoms. The van der Waals surface area contributed by atoms with E-state index in [9.17, 15) is 13.2 Å². The summed E-state index contributed by atoms with van der Waals surface area (Å²) in [6.45, 7) is 1.57. The number of nitrogens with zero attached hydrogens (tertiary/aromatic N) is 2. The molecule has 0 aliphatic heterocycles. The highest BCUT2D eigenvalue weighted by atomic mass is 19.4. The fourth-order valence-corrected chi connectivity index (χ4v) is 1.79. The summed E-state index contributed by atoms with van der Waals surface area (Å²) in [5.74, 6) is 0.565. The van der Waals surface area contributed by atoms with E-state index in [0.717, 1.165) is 0 Å². The van der Waals surface area contributed by atoms with Crippen LogP contribution in [0.1, 0.15) is 12.2 Å². The maximum Gasteiger partial charge on any atom is 0.390 e. The molecule has 1 aromatic carbocycles. The predicted molar refractivity (Wildman–Crippen MR) is 59.6 cm³/mol. The van der Waals surface area contributed by atoms with Crippen LogP contribution < -0.4 is 5.73 Å². The molecule has 92 valence electrons. The lowest BCUT2D eigenvalue weighted by molar-refractivity contribution is -0.136. The normalized spacial score (nSPS) is 12.2. The number of rotatable bonds is 2. The average molecular weight is 243 g/mol. The van der Waals surface area contributed by atoms with Gasteiger partial charge in [-0.15, -0.1) is 0 Å². The number of nitrogens with two attached hydrogens (primary N) is 1. The Bertz CT molecular complexity index is 543. The summed E-state index contributed by atoms with van der Waals surface area (Å²) in [7, 11) is 0. The summed E-state index contributed by atoms with van der Waals surface area (Å²) in [6, 6.07) is 5.01. The Balaban J connectivity index is 2.36. The van der Waals surface area contributed by atoms with Gasteiger partial charge in [-0.05, 0) is 25.1 Å². The van der Waals surface area contributed by atoms with Crippen molar-refractivity contribution in [1.29, 1.82) is 0 Å². The minimum atomic E-state index is -4.16. The SMILES string of the molecule is Cc1nc2cc(N)ccc2n1CCC(F)(F)F. The van der Waals surface area contributed by atoms with Gasteiger partial charge >= 0.3 is 6.18 Å². The van der Waals surface area contributed by atoms with Crippen LogP contribution in [0.2, 0.25) is 0 Å². The van der Waals surface area contributed by atoms with E-state index in [2.05, 4.69) is 4.98 Å². The summed E-state index contributed by atoms with van der Waals surface area (Å²) in [5.41, 5.74) is 7.46. The number of benzene rings is 1. The first-order valence-corrected chi connectivity index (χ1v) is 5.16. The Hall–Kier alpha value is -1.72. The van der Waals surface area contributed by atoms with E-state index in [0.29, 0.717) is 22.5 Å². The lowest BCUT2D eigenvalue weighted by Crippen LogP contribution is -2.13. The Labute approximate surface area is 96.0 Å². The highest BCUT2D eigenvalue weighted by molar-refractivity contribution is 5.79. The summed E-state index contributed by atoms with van der Waals surface area (Å²) in [6.07, 6.45) is -5.01. The van der Waals surface area contributed by atoms with Crippen molar-refractivity contribution in [3.8, 4) is 0 Å². The number of nitrogen functional groups attached to an aromatic ring is 1. The third-order valence-electron chi connectivity index (χ3n) is 2.58. The quantitative estimate of drug-likeness (QED) is 0.824. The molecule has 0 saturated carbocycles. The predicted octanol–water partition coefficient (Wildman–Crippen LogP) is 2.88. The summed E-state index contributed by atoms with van der Waals surface area (Å²) in [5, 5.41) is 0. The number of alkyl halides is 3. The standard InChI is InChI=1S/C11H12F3N3/c1-7-16-9-6-8(15)2-3-10(9)17(7)5-4-11(12,13)14/h2-3,6H,4-5,15H2,1H3. The molecule has 0 unspecified atom stereocenters. The minimum absolute atomic E-state index is 0.115. The van der Waals surface area contributed by atoms with Gasteiger partial charge in [0, 0.05) is 12.2 Å². The molecular weight excluding hydrogens is 231 g/mol. The van der Waals surface area contributed by atoms with Crippen molar-refractivity contribution in [2.75, 3.05) is 5.73 Å². The molecule has 17 heavy (non-hydrogen) atoms. The summed E-state index contributed by atoms with van der Waals surface area (Å²) >= 11 is 0. The van der Waals surface area contributed by atoms with Crippen molar-refractivity contribution in [2.45, 2.75) is 26.1 Å². The molecular formula is C11H12F3N3. The molecule has 2 rings (SSSR count). The van der Waals surface area contributed by atoms with E-state index >= 15 is 0 Å². The zero-order chi connectivity index (χ0) is 12.6. The maximum absolute atomic E-state index is 12.2. The number of aromatic nitrogens is 2. The Morgan fingerprint density at radius 2 is 2.06 bits per heavy atom. The number of halogens is 3. The second-order valence-electron chi connectivity index (χ2n) is 3.92. The first-order chi connectivity index (χ1) is 7.87. The molecule has 0 aliphatic carbocycles. The molecule has 0 saturated heterocycles. The van der Waals surface area contributed by atoms with E-state index in [1.807, 2.05) is 0 Å². The van der Waals surface area contributed by atoms with E-state index in [-0.39, 0.29) is 6.54 Å². The van der Waals surface area contributed by atoms with Crippen molar-refractivity contribution in [1.82, 2.24) is 9.55 Å². The fourth-order valence-electron chi connectivity index (χ4n) is 1.79. The highest BCUT2D eigenvalue weighted by Crippen LogP contribution is 2.24. The number of hydrogen-bond donors (Lipinski definition) is 1. The van der Waals surface area contributed by atoms with Crippen LogP contribution in [0.15, 0.2) is 18.2 Å². The maximum atomic E-state index is 12.2. The molecule has 0 atom stereocenters. The van der Waals surface area contributed by atoms with E-state index in [1.165, 1.54) is 0 Å². The third-order valence-corrected chi connectivity index (χ3v) is 2.58. The molecule has 6 heteroatoms. The summed E-state index contributed by atoms with van der Waals surface area (Å²) < 4.78 is 38.1. The average Bonchev–Trinajstić information content (AvgIpc) is 2.48. The van der Waals surface area contributed by atoms with Gasteiger partial charge in [0.2, 0.25) is 0 Å². The van der Waals surface area contributed by atoms with Crippen LogP contribution >= 0.6 is 0 Å². The minimum Gasteiger partial charge on any atom is -0.399 e. The van der Waals surface area contributed by atoms with Crippen LogP contribution in [0, 0.1) is 6.92 Å². The van der Waals surface area contributed by atoms with Crippen LogP contribution in [0.25, 0.3) is 11.0 Å².